The van der Waals surface area contributed by atoms with E-state index in [1.54, 1.807) is 0 Å². The molecular formula is C11H17N3O2. The van der Waals surface area contributed by atoms with Gasteiger partial charge in [0.25, 0.3) is 0 Å². The highest BCUT2D eigenvalue weighted by Gasteiger charge is 2.16. The molecule has 0 aliphatic rings. The first-order valence-electron chi connectivity index (χ1n) is 5.32. The highest BCUT2D eigenvalue weighted by Crippen LogP contribution is 2.16. The van der Waals surface area contributed by atoms with Crippen molar-refractivity contribution in [2.24, 2.45) is 5.92 Å². The second kappa shape index (κ2) is 5.44. The van der Waals surface area contributed by atoms with Crippen LogP contribution in [0.3, 0.4) is 0 Å². The van der Waals surface area contributed by atoms with E-state index >= 15 is 0 Å². The third kappa shape index (κ3) is 2.92. The van der Waals surface area contributed by atoms with Crippen molar-refractivity contribution in [1.29, 1.82) is 0 Å². The normalized spacial score (nSPS) is 12.2. The first-order chi connectivity index (χ1) is 7.56. The van der Waals surface area contributed by atoms with Crippen LogP contribution in [-0.2, 0) is 0 Å². The molecule has 1 heterocycles. The van der Waals surface area contributed by atoms with E-state index in [2.05, 4.69) is 24.0 Å². The molecule has 0 amide bonds. The van der Waals surface area contributed by atoms with Crippen molar-refractivity contribution in [2.75, 3.05) is 18.5 Å². The quantitative estimate of drug-likeness (QED) is 0.822. The fourth-order valence-corrected chi connectivity index (χ4v) is 1.46. The number of hydrogen-bond donors (Lipinski definition) is 1. The number of carboxylic acid groups (broad SMARTS) is 1. The molecule has 1 N–H and O–H groups in total. The van der Waals surface area contributed by atoms with E-state index in [-0.39, 0.29) is 5.56 Å². The predicted molar refractivity (Wildman–Crippen MR) is 61.7 cm³/mol. The van der Waals surface area contributed by atoms with Crippen LogP contribution < -0.4 is 4.90 Å². The van der Waals surface area contributed by atoms with E-state index in [4.69, 9.17) is 5.11 Å². The van der Waals surface area contributed by atoms with Crippen LogP contribution in [0.2, 0.25) is 0 Å². The molecule has 0 saturated carbocycles. The Labute approximate surface area is 95.1 Å². The number of nitrogens with zero attached hydrogens (tertiary/aromatic N) is 3. The standard InChI is InChI=1S/C11H17N3O2/c1-4-8(2)7-14(3)10-9(11(15)16)5-6-12-13-10/h5-6,8H,4,7H2,1-3H3,(H,15,16). The Bertz CT molecular complexity index is 368. The van der Waals surface area contributed by atoms with Gasteiger partial charge in [0.2, 0.25) is 0 Å². The van der Waals surface area contributed by atoms with E-state index in [9.17, 15) is 4.79 Å². The highest BCUT2D eigenvalue weighted by atomic mass is 16.4. The Balaban J connectivity index is 2.90. The monoisotopic (exact) mass is 223 g/mol. The van der Waals surface area contributed by atoms with Crippen molar-refractivity contribution in [3.05, 3.63) is 17.8 Å². The summed E-state index contributed by atoms with van der Waals surface area (Å²) in [5, 5.41) is 16.6. The zero-order valence-electron chi connectivity index (χ0n) is 9.84. The van der Waals surface area contributed by atoms with Crippen molar-refractivity contribution >= 4 is 11.8 Å². The highest BCUT2D eigenvalue weighted by molar-refractivity contribution is 5.92. The molecule has 1 aromatic rings. The van der Waals surface area contributed by atoms with Crippen LogP contribution in [-0.4, -0.2) is 34.9 Å². The maximum atomic E-state index is 11.0. The van der Waals surface area contributed by atoms with Gasteiger partial charge in [-0.05, 0) is 12.0 Å². The van der Waals surface area contributed by atoms with Gasteiger partial charge in [0.15, 0.2) is 5.82 Å². The minimum absolute atomic E-state index is 0.195. The van der Waals surface area contributed by atoms with Gasteiger partial charge < -0.3 is 10.0 Å². The lowest BCUT2D eigenvalue weighted by Crippen LogP contribution is -2.26. The molecule has 5 heteroatoms. The molecule has 16 heavy (non-hydrogen) atoms. The molecule has 5 nitrogen and oxygen atoms in total. The second-order valence-electron chi connectivity index (χ2n) is 3.97. The Hall–Kier alpha value is -1.65. The maximum absolute atomic E-state index is 11.0. The number of anilines is 1. The molecule has 88 valence electrons. The Morgan fingerprint density at radius 2 is 2.31 bits per heavy atom. The maximum Gasteiger partial charge on any atom is 0.339 e. The predicted octanol–water partition coefficient (Wildman–Crippen LogP) is 1.66. The Morgan fingerprint density at radius 1 is 1.62 bits per heavy atom. The zero-order valence-corrected chi connectivity index (χ0v) is 9.84. The van der Waals surface area contributed by atoms with Gasteiger partial charge in [-0.15, -0.1) is 5.10 Å². The molecule has 0 saturated heterocycles. The minimum atomic E-state index is -0.971. The summed E-state index contributed by atoms with van der Waals surface area (Å²) in [4.78, 5) is 12.8. The SMILES string of the molecule is CCC(C)CN(C)c1nnccc1C(=O)O. The van der Waals surface area contributed by atoms with Crippen LogP contribution in [0.4, 0.5) is 5.82 Å². The van der Waals surface area contributed by atoms with Crippen LogP contribution in [0.25, 0.3) is 0 Å². The summed E-state index contributed by atoms with van der Waals surface area (Å²) in [6, 6.07) is 1.47. The molecule has 1 rings (SSSR count). The van der Waals surface area contributed by atoms with Gasteiger partial charge in [-0.1, -0.05) is 20.3 Å². The van der Waals surface area contributed by atoms with Gasteiger partial charge in [0, 0.05) is 13.6 Å². The van der Waals surface area contributed by atoms with Crippen LogP contribution >= 0.6 is 0 Å². The zero-order chi connectivity index (χ0) is 12.1. The summed E-state index contributed by atoms with van der Waals surface area (Å²) in [7, 11) is 1.84. The van der Waals surface area contributed by atoms with Crippen molar-refractivity contribution in [2.45, 2.75) is 20.3 Å². The summed E-state index contributed by atoms with van der Waals surface area (Å²) in [5.74, 6) is -0.0511. The van der Waals surface area contributed by atoms with Gasteiger partial charge in [-0.25, -0.2) is 4.79 Å². The number of aromatic nitrogens is 2. The van der Waals surface area contributed by atoms with Gasteiger partial charge in [-0.3, -0.25) is 0 Å². The molecule has 0 aliphatic heterocycles. The average molecular weight is 223 g/mol. The van der Waals surface area contributed by atoms with E-state index < -0.39 is 5.97 Å². The fourth-order valence-electron chi connectivity index (χ4n) is 1.46. The molecule has 1 aromatic heterocycles. The molecule has 0 fully saturated rings. The summed E-state index contributed by atoms with van der Waals surface area (Å²) in [5.41, 5.74) is 0.195. The number of carbonyl (C=O) groups is 1. The minimum Gasteiger partial charge on any atom is -0.478 e. The molecule has 1 unspecified atom stereocenters. The summed E-state index contributed by atoms with van der Waals surface area (Å²) in [6.07, 6.45) is 2.44. The van der Waals surface area contributed by atoms with Crippen LogP contribution in [0.15, 0.2) is 12.3 Å². The molecule has 0 aliphatic carbocycles. The lowest BCUT2D eigenvalue weighted by Gasteiger charge is -2.22. The lowest BCUT2D eigenvalue weighted by atomic mass is 10.1. The topological polar surface area (TPSA) is 66.3 Å². The summed E-state index contributed by atoms with van der Waals surface area (Å²) >= 11 is 0. The molecule has 0 aromatic carbocycles. The van der Waals surface area contributed by atoms with Crippen molar-refractivity contribution in [3.8, 4) is 0 Å². The number of hydrogen-bond acceptors (Lipinski definition) is 4. The number of rotatable bonds is 5. The smallest absolute Gasteiger partial charge is 0.339 e. The Morgan fingerprint density at radius 3 is 2.88 bits per heavy atom. The fraction of sp³-hybridized carbons (Fsp3) is 0.545. The summed E-state index contributed by atoms with van der Waals surface area (Å²) < 4.78 is 0. The summed E-state index contributed by atoms with van der Waals surface area (Å²) in [6.45, 7) is 5.00. The van der Waals surface area contributed by atoms with Gasteiger partial charge in [0.05, 0.1) is 6.20 Å². The number of carboxylic acids is 1. The van der Waals surface area contributed by atoms with Gasteiger partial charge in [-0.2, -0.15) is 5.10 Å². The van der Waals surface area contributed by atoms with Gasteiger partial charge >= 0.3 is 5.97 Å². The molecule has 1 atom stereocenters. The first kappa shape index (κ1) is 12.4. The van der Waals surface area contributed by atoms with Crippen LogP contribution in [0.1, 0.15) is 30.6 Å². The van der Waals surface area contributed by atoms with Crippen molar-refractivity contribution in [3.63, 3.8) is 0 Å². The molecule has 0 radical (unpaired) electrons. The van der Waals surface area contributed by atoms with E-state index in [1.807, 2.05) is 11.9 Å². The first-order valence-corrected chi connectivity index (χ1v) is 5.32. The van der Waals surface area contributed by atoms with Crippen molar-refractivity contribution < 1.29 is 9.90 Å². The average Bonchev–Trinajstić information content (AvgIpc) is 2.28. The van der Waals surface area contributed by atoms with Crippen molar-refractivity contribution in [1.82, 2.24) is 10.2 Å². The third-order valence-corrected chi connectivity index (χ3v) is 2.58. The third-order valence-electron chi connectivity index (χ3n) is 2.58. The van der Waals surface area contributed by atoms with E-state index in [1.165, 1.54) is 12.3 Å². The van der Waals surface area contributed by atoms with Crippen LogP contribution in [0, 0.1) is 5.92 Å². The lowest BCUT2D eigenvalue weighted by molar-refractivity contribution is 0.0697. The molecule has 0 spiro atoms. The van der Waals surface area contributed by atoms with E-state index in [0.717, 1.165) is 13.0 Å². The second-order valence-corrected chi connectivity index (χ2v) is 3.97. The van der Waals surface area contributed by atoms with Crippen LogP contribution in [0.5, 0.6) is 0 Å². The Kier molecular flexibility index (Phi) is 4.22. The van der Waals surface area contributed by atoms with Gasteiger partial charge in [0.1, 0.15) is 5.56 Å². The van der Waals surface area contributed by atoms with E-state index in [0.29, 0.717) is 11.7 Å². The molecular weight excluding hydrogens is 206 g/mol. The molecule has 0 bridgehead atoms. The number of aromatic carboxylic acids is 1. The largest absolute Gasteiger partial charge is 0.478 e.